The quantitative estimate of drug-likeness (QED) is 0.484. The summed E-state index contributed by atoms with van der Waals surface area (Å²) in [4.78, 5) is 12.2. The molecule has 0 unspecified atom stereocenters. The summed E-state index contributed by atoms with van der Waals surface area (Å²) in [7, 11) is 0. The van der Waals surface area contributed by atoms with E-state index in [2.05, 4.69) is 15.5 Å². The molecule has 0 radical (unpaired) electrons. The van der Waals surface area contributed by atoms with Crippen LogP contribution in [0.15, 0.2) is 53.7 Å². The fourth-order valence-corrected chi connectivity index (χ4v) is 3.31. The molecule has 6 nitrogen and oxygen atoms in total. The highest BCUT2D eigenvalue weighted by molar-refractivity contribution is 7.99. The van der Waals surface area contributed by atoms with Crippen molar-refractivity contribution in [2.24, 2.45) is 0 Å². The van der Waals surface area contributed by atoms with Gasteiger partial charge in [0, 0.05) is 10.6 Å². The molecule has 0 saturated heterocycles. The standard InChI is InChI=1S/C18H17ClFN5OS/c1-11(13-3-2-4-14(19)9-13)22-16(26)10-27-18-24-23-17(25(18)21)12-5-7-15(20)8-6-12/h2-9,11H,10,21H2,1H3,(H,22,26)/t11-/m1/s1. The van der Waals surface area contributed by atoms with Gasteiger partial charge < -0.3 is 11.2 Å². The van der Waals surface area contributed by atoms with Crippen LogP contribution in [0.4, 0.5) is 4.39 Å². The van der Waals surface area contributed by atoms with Crippen molar-refractivity contribution in [3.05, 3.63) is 64.9 Å². The van der Waals surface area contributed by atoms with E-state index in [9.17, 15) is 9.18 Å². The third-order valence-electron chi connectivity index (χ3n) is 3.83. The van der Waals surface area contributed by atoms with Gasteiger partial charge in [-0.3, -0.25) is 4.79 Å². The van der Waals surface area contributed by atoms with Crippen LogP contribution in [-0.2, 0) is 4.79 Å². The van der Waals surface area contributed by atoms with Gasteiger partial charge in [0.15, 0.2) is 5.82 Å². The molecule has 3 aromatic rings. The molecule has 1 amide bonds. The van der Waals surface area contributed by atoms with Crippen molar-refractivity contribution < 1.29 is 9.18 Å². The number of thioether (sulfide) groups is 1. The van der Waals surface area contributed by atoms with Crippen LogP contribution in [0.3, 0.4) is 0 Å². The maximum atomic E-state index is 13.0. The van der Waals surface area contributed by atoms with E-state index in [0.717, 1.165) is 5.56 Å². The molecule has 1 heterocycles. The lowest BCUT2D eigenvalue weighted by Gasteiger charge is -2.14. The predicted octanol–water partition coefficient (Wildman–Crippen LogP) is 3.42. The number of nitrogen functional groups attached to an aromatic ring is 1. The number of nitrogens with zero attached hydrogens (tertiary/aromatic N) is 3. The zero-order chi connectivity index (χ0) is 19.4. The molecule has 0 saturated carbocycles. The van der Waals surface area contributed by atoms with Crippen LogP contribution in [0.5, 0.6) is 0 Å². The highest BCUT2D eigenvalue weighted by Crippen LogP contribution is 2.22. The number of amides is 1. The first-order chi connectivity index (χ1) is 12.9. The molecule has 0 bridgehead atoms. The highest BCUT2D eigenvalue weighted by Gasteiger charge is 2.15. The monoisotopic (exact) mass is 405 g/mol. The second kappa shape index (κ2) is 8.41. The Morgan fingerprint density at radius 2 is 2.04 bits per heavy atom. The molecule has 9 heteroatoms. The average molecular weight is 406 g/mol. The molecule has 0 spiro atoms. The smallest absolute Gasteiger partial charge is 0.230 e. The third-order valence-corrected chi connectivity index (χ3v) is 5.00. The second-order valence-corrected chi connectivity index (χ2v) is 7.19. The maximum absolute atomic E-state index is 13.0. The van der Waals surface area contributed by atoms with Crippen LogP contribution in [0.25, 0.3) is 11.4 Å². The topological polar surface area (TPSA) is 85.8 Å². The molecule has 0 aliphatic rings. The van der Waals surface area contributed by atoms with Crippen molar-refractivity contribution in [3.8, 4) is 11.4 Å². The molecular weight excluding hydrogens is 389 g/mol. The first kappa shape index (κ1) is 19.2. The number of hydrogen-bond acceptors (Lipinski definition) is 5. The minimum Gasteiger partial charge on any atom is -0.349 e. The van der Waals surface area contributed by atoms with E-state index in [0.29, 0.717) is 21.6 Å². The third kappa shape index (κ3) is 4.78. The lowest BCUT2D eigenvalue weighted by atomic mass is 10.1. The molecule has 1 aromatic heterocycles. The van der Waals surface area contributed by atoms with E-state index in [-0.39, 0.29) is 23.5 Å². The fourth-order valence-electron chi connectivity index (χ4n) is 2.44. The SMILES string of the molecule is C[C@@H](NC(=O)CSc1nnc(-c2ccc(F)cc2)n1N)c1cccc(Cl)c1. The van der Waals surface area contributed by atoms with Gasteiger partial charge in [0.25, 0.3) is 0 Å². The van der Waals surface area contributed by atoms with Crippen molar-refractivity contribution in [1.82, 2.24) is 20.2 Å². The molecule has 140 valence electrons. The van der Waals surface area contributed by atoms with E-state index in [1.807, 2.05) is 25.1 Å². The summed E-state index contributed by atoms with van der Waals surface area (Å²) in [5.74, 6) is 6.01. The van der Waals surface area contributed by atoms with Gasteiger partial charge in [-0.1, -0.05) is 35.5 Å². The molecule has 3 rings (SSSR count). The number of carbonyl (C=O) groups is 1. The Bertz CT molecular complexity index is 947. The number of hydrogen-bond donors (Lipinski definition) is 2. The summed E-state index contributed by atoms with van der Waals surface area (Å²) < 4.78 is 14.3. The highest BCUT2D eigenvalue weighted by atomic mass is 35.5. The van der Waals surface area contributed by atoms with Crippen LogP contribution >= 0.6 is 23.4 Å². The fraction of sp³-hybridized carbons (Fsp3) is 0.167. The number of aromatic nitrogens is 3. The van der Waals surface area contributed by atoms with E-state index >= 15 is 0 Å². The maximum Gasteiger partial charge on any atom is 0.230 e. The Hall–Kier alpha value is -2.58. The Morgan fingerprint density at radius 1 is 1.30 bits per heavy atom. The van der Waals surface area contributed by atoms with Gasteiger partial charge in [0.05, 0.1) is 11.8 Å². The lowest BCUT2D eigenvalue weighted by molar-refractivity contribution is -0.119. The Morgan fingerprint density at radius 3 is 2.74 bits per heavy atom. The van der Waals surface area contributed by atoms with Gasteiger partial charge in [0.1, 0.15) is 5.82 Å². The number of carbonyl (C=O) groups excluding carboxylic acids is 1. The van der Waals surface area contributed by atoms with Crippen LogP contribution in [0.1, 0.15) is 18.5 Å². The van der Waals surface area contributed by atoms with Gasteiger partial charge in [-0.05, 0) is 48.9 Å². The summed E-state index contributed by atoms with van der Waals surface area (Å²) in [6, 6.07) is 12.9. The molecule has 1 atom stereocenters. The van der Waals surface area contributed by atoms with Crippen LogP contribution in [0.2, 0.25) is 5.02 Å². The predicted molar refractivity (Wildman–Crippen MR) is 104 cm³/mol. The average Bonchev–Trinajstić information content (AvgIpc) is 3.01. The summed E-state index contributed by atoms with van der Waals surface area (Å²) in [5.41, 5.74) is 1.55. The summed E-state index contributed by atoms with van der Waals surface area (Å²) in [5, 5.41) is 11.9. The number of benzene rings is 2. The minimum absolute atomic E-state index is 0.129. The molecule has 2 aromatic carbocycles. The van der Waals surface area contributed by atoms with Crippen molar-refractivity contribution in [3.63, 3.8) is 0 Å². The number of nitrogens with one attached hydrogen (secondary N) is 1. The van der Waals surface area contributed by atoms with E-state index < -0.39 is 0 Å². The lowest BCUT2D eigenvalue weighted by Crippen LogP contribution is -2.28. The molecular formula is C18H17ClFN5OS. The molecule has 0 aliphatic carbocycles. The van der Waals surface area contributed by atoms with Gasteiger partial charge in [0.2, 0.25) is 11.1 Å². The van der Waals surface area contributed by atoms with E-state index in [1.54, 1.807) is 18.2 Å². The molecule has 27 heavy (non-hydrogen) atoms. The van der Waals surface area contributed by atoms with Crippen LogP contribution in [0, 0.1) is 5.82 Å². The second-order valence-electron chi connectivity index (χ2n) is 5.82. The van der Waals surface area contributed by atoms with Gasteiger partial charge >= 0.3 is 0 Å². The molecule has 0 aliphatic heterocycles. The van der Waals surface area contributed by atoms with Gasteiger partial charge in [-0.25, -0.2) is 9.07 Å². The Kier molecular flexibility index (Phi) is 5.98. The molecule has 3 N–H and O–H groups in total. The first-order valence-electron chi connectivity index (χ1n) is 8.08. The Labute approximate surface area is 164 Å². The largest absolute Gasteiger partial charge is 0.349 e. The molecule has 0 fully saturated rings. The summed E-state index contributed by atoms with van der Waals surface area (Å²) in [6.45, 7) is 1.88. The summed E-state index contributed by atoms with van der Waals surface area (Å²) >= 11 is 7.14. The zero-order valence-corrected chi connectivity index (χ0v) is 16.0. The summed E-state index contributed by atoms with van der Waals surface area (Å²) in [6.07, 6.45) is 0. The van der Waals surface area contributed by atoms with Gasteiger partial charge in [-0.15, -0.1) is 10.2 Å². The minimum atomic E-state index is -0.345. The van der Waals surface area contributed by atoms with Crippen molar-refractivity contribution >= 4 is 29.3 Å². The van der Waals surface area contributed by atoms with E-state index in [1.165, 1.54) is 28.6 Å². The van der Waals surface area contributed by atoms with Gasteiger partial charge in [-0.2, -0.15) is 0 Å². The Balaban J connectivity index is 1.60. The van der Waals surface area contributed by atoms with Crippen LogP contribution in [-0.4, -0.2) is 26.5 Å². The van der Waals surface area contributed by atoms with Crippen molar-refractivity contribution in [2.75, 3.05) is 11.6 Å². The first-order valence-corrected chi connectivity index (χ1v) is 9.44. The van der Waals surface area contributed by atoms with Crippen molar-refractivity contribution in [2.45, 2.75) is 18.1 Å². The number of halogens is 2. The normalized spacial score (nSPS) is 12.0. The number of nitrogens with two attached hydrogens (primary N) is 1. The van der Waals surface area contributed by atoms with Crippen molar-refractivity contribution in [1.29, 1.82) is 0 Å². The van der Waals surface area contributed by atoms with E-state index in [4.69, 9.17) is 17.4 Å². The zero-order valence-electron chi connectivity index (χ0n) is 14.4. The number of rotatable bonds is 6. The van der Waals surface area contributed by atoms with Crippen LogP contribution < -0.4 is 11.2 Å².